The number of nitrogens with one attached hydrogen (secondary N) is 1. The zero-order valence-corrected chi connectivity index (χ0v) is 11.0. The molecule has 102 valence electrons. The molecule has 0 amide bonds. The van der Waals surface area contributed by atoms with Crippen LogP contribution in [0.3, 0.4) is 0 Å². The van der Waals surface area contributed by atoms with Crippen LogP contribution in [0, 0.1) is 0 Å². The lowest BCUT2D eigenvalue weighted by Crippen LogP contribution is -2.56. The number of aliphatic carboxylic acids is 1. The summed E-state index contributed by atoms with van der Waals surface area (Å²) in [6.07, 6.45) is 2.43. The molecule has 3 aliphatic rings. The highest BCUT2D eigenvalue weighted by Crippen LogP contribution is 2.31. The minimum absolute atomic E-state index is 0.468. The molecule has 3 heterocycles. The van der Waals surface area contributed by atoms with Gasteiger partial charge in [0.25, 0.3) is 0 Å². The second kappa shape index (κ2) is 4.94. The smallest absolute Gasteiger partial charge is 0.323 e. The van der Waals surface area contributed by atoms with E-state index in [1.807, 2.05) is 6.07 Å². The van der Waals surface area contributed by atoms with Gasteiger partial charge < -0.3 is 10.4 Å². The molecule has 2 unspecified atom stereocenters. The third kappa shape index (κ3) is 2.38. The molecule has 2 bridgehead atoms. The van der Waals surface area contributed by atoms with Crippen LogP contribution in [-0.2, 0) is 11.3 Å². The van der Waals surface area contributed by atoms with Crippen molar-refractivity contribution in [3.63, 3.8) is 0 Å². The fourth-order valence-corrected chi connectivity index (χ4v) is 3.27. The van der Waals surface area contributed by atoms with Gasteiger partial charge >= 0.3 is 5.97 Å². The number of carboxylic acids is 1. The van der Waals surface area contributed by atoms with Crippen LogP contribution in [0.5, 0.6) is 0 Å². The minimum atomic E-state index is -0.687. The molecule has 0 aliphatic carbocycles. The topological polar surface area (TPSA) is 52.6 Å². The molecule has 2 N–H and O–H groups in total. The molecule has 2 atom stereocenters. The molecule has 1 aromatic rings. The van der Waals surface area contributed by atoms with Gasteiger partial charge in [-0.05, 0) is 24.8 Å². The maximum absolute atomic E-state index is 11.5. The molecule has 3 aliphatic heterocycles. The van der Waals surface area contributed by atoms with Crippen LogP contribution in [0.4, 0.5) is 0 Å². The van der Waals surface area contributed by atoms with Crippen molar-refractivity contribution in [2.24, 2.45) is 0 Å². The van der Waals surface area contributed by atoms with E-state index in [1.165, 1.54) is 5.56 Å². The quantitative estimate of drug-likeness (QED) is 0.864. The van der Waals surface area contributed by atoms with E-state index < -0.39 is 11.5 Å². The predicted octanol–water partition coefficient (Wildman–Crippen LogP) is 1.47. The zero-order valence-electron chi connectivity index (χ0n) is 11.0. The molecule has 3 fully saturated rings. The Morgan fingerprint density at radius 3 is 2.79 bits per heavy atom. The molecule has 1 aromatic carbocycles. The maximum atomic E-state index is 11.5. The van der Waals surface area contributed by atoms with Crippen molar-refractivity contribution in [2.45, 2.75) is 37.4 Å². The first-order valence-electron chi connectivity index (χ1n) is 6.96. The van der Waals surface area contributed by atoms with Crippen molar-refractivity contribution in [3.05, 3.63) is 35.9 Å². The Bertz CT molecular complexity index is 452. The maximum Gasteiger partial charge on any atom is 0.323 e. The Morgan fingerprint density at radius 2 is 2.16 bits per heavy atom. The molecule has 0 radical (unpaired) electrons. The number of fused-ring (bicyclic) bond motifs is 4. The predicted molar refractivity (Wildman–Crippen MR) is 72.9 cm³/mol. The molecular formula is C15H20N2O2. The molecule has 4 nitrogen and oxygen atoms in total. The number of rotatable bonds is 3. The van der Waals surface area contributed by atoms with E-state index in [1.54, 1.807) is 0 Å². The van der Waals surface area contributed by atoms with Crippen molar-refractivity contribution in [2.75, 3.05) is 13.1 Å². The van der Waals surface area contributed by atoms with E-state index in [0.717, 1.165) is 32.5 Å². The van der Waals surface area contributed by atoms with Gasteiger partial charge in [-0.15, -0.1) is 0 Å². The first-order chi connectivity index (χ1) is 9.20. The Kier molecular flexibility index (Phi) is 3.29. The summed E-state index contributed by atoms with van der Waals surface area (Å²) in [5.74, 6) is -0.687. The van der Waals surface area contributed by atoms with E-state index in [0.29, 0.717) is 12.5 Å². The van der Waals surface area contributed by atoms with Gasteiger partial charge in [0.15, 0.2) is 0 Å². The number of hydrogen-bond acceptors (Lipinski definition) is 3. The summed E-state index contributed by atoms with van der Waals surface area (Å²) in [6.45, 7) is 2.57. The number of nitrogens with zero attached hydrogens (tertiary/aromatic N) is 1. The summed E-state index contributed by atoms with van der Waals surface area (Å²) in [4.78, 5) is 13.9. The average Bonchev–Trinajstić information content (AvgIpc) is 2.72. The molecule has 19 heavy (non-hydrogen) atoms. The Morgan fingerprint density at radius 1 is 1.37 bits per heavy atom. The van der Waals surface area contributed by atoms with Crippen molar-refractivity contribution in [1.29, 1.82) is 0 Å². The highest BCUT2D eigenvalue weighted by atomic mass is 16.4. The van der Waals surface area contributed by atoms with Crippen LogP contribution in [0.2, 0.25) is 0 Å². The van der Waals surface area contributed by atoms with Crippen LogP contribution < -0.4 is 5.32 Å². The van der Waals surface area contributed by atoms with Crippen LogP contribution in [0.15, 0.2) is 30.3 Å². The molecule has 0 saturated carbocycles. The lowest BCUT2D eigenvalue weighted by atomic mass is 9.86. The summed E-state index contributed by atoms with van der Waals surface area (Å²) >= 11 is 0. The third-order valence-corrected chi connectivity index (χ3v) is 4.56. The monoisotopic (exact) mass is 260 g/mol. The van der Waals surface area contributed by atoms with Gasteiger partial charge in [-0.25, -0.2) is 0 Å². The fourth-order valence-electron chi connectivity index (χ4n) is 3.27. The first kappa shape index (κ1) is 12.6. The summed E-state index contributed by atoms with van der Waals surface area (Å²) in [5, 5.41) is 12.7. The summed E-state index contributed by atoms with van der Waals surface area (Å²) in [5.41, 5.74) is 0.624. The number of piperidine rings is 1. The van der Waals surface area contributed by atoms with E-state index in [2.05, 4.69) is 34.5 Å². The van der Waals surface area contributed by atoms with E-state index in [-0.39, 0.29) is 0 Å². The van der Waals surface area contributed by atoms with Crippen LogP contribution in [-0.4, -0.2) is 40.6 Å². The van der Waals surface area contributed by atoms with E-state index in [9.17, 15) is 9.90 Å². The summed E-state index contributed by atoms with van der Waals surface area (Å²) < 4.78 is 0. The zero-order chi connectivity index (χ0) is 13.3. The Balaban J connectivity index is 1.74. The molecule has 0 spiro atoms. The highest BCUT2D eigenvalue weighted by Gasteiger charge is 2.45. The number of hydrogen-bond donors (Lipinski definition) is 2. The van der Waals surface area contributed by atoms with E-state index in [4.69, 9.17) is 0 Å². The van der Waals surface area contributed by atoms with Crippen molar-refractivity contribution in [3.8, 4) is 0 Å². The van der Waals surface area contributed by atoms with Gasteiger partial charge in [0.1, 0.15) is 5.54 Å². The number of carboxylic acid groups (broad SMARTS) is 1. The SMILES string of the molecule is O=C(O)C12CCC(CN1)N(Cc1ccccc1)CC2. The molecule has 0 aromatic heterocycles. The fraction of sp³-hybridized carbons (Fsp3) is 0.533. The lowest BCUT2D eigenvalue weighted by molar-refractivity contribution is -0.145. The second-order valence-electron chi connectivity index (χ2n) is 5.67. The number of benzene rings is 1. The summed E-state index contributed by atoms with van der Waals surface area (Å²) in [6, 6.07) is 10.9. The normalized spacial score (nSPS) is 31.1. The van der Waals surface area contributed by atoms with Crippen molar-refractivity contribution in [1.82, 2.24) is 10.2 Å². The van der Waals surface area contributed by atoms with Crippen molar-refractivity contribution < 1.29 is 9.90 Å². The highest BCUT2D eigenvalue weighted by molar-refractivity contribution is 5.79. The molecule has 3 saturated heterocycles. The van der Waals surface area contributed by atoms with Gasteiger partial charge in [0.05, 0.1) is 0 Å². The molecule has 4 rings (SSSR count). The van der Waals surface area contributed by atoms with Crippen LogP contribution in [0.25, 0.3) is 0 Å². The van der Waals surface area contributed by atoms with Gasteiger partial charge in [0, 0.05) is 25.7 Å². The van der Waals surface area contributed by atoms with Crippen LogP contribution in [0.1, 0.15) is 24.8 Å². The standard InChI is InChI=1S/C15H20N2O2/c18-14(19)15-7-6-13(10-16-15)17(9-8-15)11-12-4-2-1-3-5-12/h1-5,13,16H,6-11H2,(H,18,19). The third-order valence-electron chi connectivity index (χ3n) is 4.56. The summed E-state index contributed by atoms with van der Waals surface area (Å²) in [7, 11) is 0. The molecular weight excluding hydrogens is 240 g/mol. The largest absolute Gasteiger partial charge is 0.480 e. The van der Waals surface area contributed by atoms with Crippen LogP contribution >= 0.6 is 0 Å². The number of carbonyl (C=O) groups is 1. The van der Waals surface area contributed by atoms with Gasteiger partial charge in [0.2, 0.25) is 0 Å². The Hall–Kier alpha value is -1.39. The minimum Gasteiger partial charge on any atom is -0.480 e. The first-order valence-corrected chi connectivity index (χ1v) is 6.96. The van der Waals surface area contributed by atoms with Gasteiger partial charge in [-0.1, -0.05) is 30.3 Å². The van der Waals surface area contributed by atoms with Gasteiger partial charge in [-0.3, -0.25) is 9.69 Å². The van der Waals surface area contributed by atoms with Gasteiger partial charge in [-0.2, -0.15) is 0 Å². The van der Waals surface area contributed by atoms with Crippen molar-refractivity contribution >= 4 is 5.97 Å². The van der Waals surface area contributed by atoms with E-state index >= 15 is 0 Å². The molecule has 4 heteroatoms. The second-order valence-corrected chi connectivity index (χ2v) is 5.67. The Labute approximate surface area is 113 Å². The average molecular weight is 260 g/mol. The lowest BCUT2D eigenvalue weighted by Gasteiger charge is -2.35.